The fraction of sp³-hybridized carbons (Fsp3) is 0.250. The van der Waals surface area contributed by atoms with Crippen molar-refractivity contribution in [3.8, 4) is 0 Å². The second-order valence-corrected chi connectivity index (χ2v) is 4.35. The molecule has 0 aliphatic carbocycles. The molecule has 0 bridgehead atoms. The highest BCUT2D eigenvalue weighted by Crippen LogP contribution is 2.18. The van der Waals surface area contributed by atoms with Gasteiger partial charge in [0.2, 0.25) is 0 Å². The zero-order valence-corrected chi connectivity index (χ0v) is 10.4. The van der Waals surface area contributed by atoms with Gasteiger partial charge in [0.05, 0.1) is 12.7 Å². The maximum Gasteiger partial charge on any atom is 0.0801 e. The van der Waals surface area contributed by atoms with E-state index >= 15 is 0 Å². The highest BCUT2D eigenvalue weighted by atomic mass is 16.5. The molecular weight excluding hydrogens is 208 g/mol. The second-order valence-electron chi connectivity index (χ2n) is 4.35. The van der Waals surface area contributed by atoms with E-state index in [2.05, 4.69) is 50.2 Å². The Morgan fingerprint density at radius 3 is 2.24 bits per heavy atom. The van der Waals surface area contributed by atoms with Crippen LogP contribution in [0.15, 0.2) is 54.6 Å². The number of benzene rings is 2. The Morgan fingerprint density at radius 1 is 0.941 bits per heavy atom. The highest BCUT2D eigenvalue weighted by Gasteiger charge is 2.05. The van der Waals surface area contributed by atoms with Crippen LogP contribution >= 0.6 is 0 Å². The van der Waals surface area contributed by atoms with Crippen molar-refractivity contribution in [2.24, 2.45) is 0 Å². The van der Waals surface area contributed by atoms with Gasteiger partial charge in [0.15, 0.2) is 0 Å². The third kappa shape index (κ3) is 3.43. The Kier molecular flexibility index (Phi) is 3.94. The second kappa shape index (κ2) is 5.65. The molecular formula is C16H18O. The Bertz CT molecular complexity index is 445. The average Bonchev–Trinajstić information content (AvgIpc) is 2.38. The molecule has 0 radical (unpaired) electrons. The van der Waals surface area contributed by atoms with Crippen molar-refractivity contribution in [2.45, 2.75) is 26.6 Å². The number of rotatable bonds is 4. The maximum atomic E-state index is 5.85. The molecule has 0 fully saturated rings. The van der Waals surface area contributed by atoms with Crippen LogP contribution in [0.2, 0.25) is 0 Å². The van der Waals surface area contributed by atoms with Gasteiger partial charge in [-0.2, -0.15) is 0 Å². The van der Waals surface area contributed by atoms with Crippen LogP contribution in [-0.2, 0) is 11.3 Å². The lowest BCUT2D eigenvalue weighted by molar-refractivity contribution is 0.0525. The molecule has 0 N–H and O–H groups in total. The number of aryl methyl sites for hydroxylation is 1. The molecule has 1 nitrogen and oxygen atoms in total. The summed E-state index contributed by atoms with van der Waals surface area (Å²) in [5, 5.41) is 0. The lowest BCUT2D eigenvalue weighted by Crippen LogP contribution is -2.00. The Hall–Kier alpha value is -1.60. The Balaban J connectivity index is 1.93. The van der Waals surface area contributed by atoms with Gasteiger partial charge in [-0.1, -0.05) is 60.2 Å². The first kappa shape index (κ1) is 11.9. The summed E-state index contributed by atoms with van der Waals surface area (Å²) in [5.74, 6) is 0. The van der Waals surface area contributed by atoms with Crippen LogP contribution in [-0.4, -0.2) is 0 Å². The molecule has 1 atom stereocenters. The van der Waals surface area contributed by atoms with Crippen molar-refractivity contribution in [3.63, 3.8) is 0 Å². The zero-order chi connectivity index (χ0) is 12.1. The monoisotopic (exact) mass is 226 g/mol. The van der Waals surface area contributed by atoms with E-state index in [1.165, 1.54) is 16.7 Å². The molecule has 88 valence electrons. The first-order valence-corrected chi connectivity index (χ1v) is 5.98. The number of hydrogen-bond acceptors (Lipinski definition) is 1. The Morgan fingerprint density at radius 2 is 1.59 bits per heavy atom. The summed E-state index contributed by atoms with van der Waals surface area (Å²) in [7, 11) is 0. The quantitative estimate of drug-likeness (QED) is 0.756. The largest absolute Gasteiger partial charge is 0.369 e. The van der Waals surface area contributed by atoms with Crippen LogP contribution in [0.4, 0.5) is 0 Å². The molecule has 0 heterocycles. The summed E-state index contributed by atoms with van der Waals surface area (Å²) in [6, 6.07) is 18.8. The fourth-order valence-electron chi connectivity index (χ4n) is 1.73. The van der Waals surface area contributed by atoms with Gasteiger partial charge in [-0.25, -0.2) is 0 Å². The fourth-order valence-corrected chi connectivity index (χ4v) is 1.73. The maximum absolute atomic E-state index is 5.85. The van der Waals surface area contributed by atoms with Crippen LogP contribution in [0.25, 0.3) is 0 Å². The smallest absolute Gasteiger partial charge is 0.0801 e. The van der Waals surface area contributed by atoms with Crippen LogP contribution in [0.5, 0.6) is 0 Å². The molecule has 1 heteroatoms. The Labute approximate surface area is 103 Å². The molecule has 2 rings (SSSR count). The van der Waals surface area contributed by atoms with E-state index in [9.17, 15) is 0 Å². The summed E-state index contributed by atoms with van der Waals surface area (Å²) in [6.07, 6.45) is 0.135. The summed E-state index contributed by atoms with van der Waals surface area (Å²) < 4.78 is 5.85. The molecule has 0 aliphatic heterocycles. The molecule has 2 aromatic carbocycles. The van der Waals surface area contributed by atoms with E-state index in [-0.39, 0.29) is 6.10 Å². The normalized spacial score (nSPS) is 12.4. The standard InChI is InChI=1S/C16H18O/c1-13-8-10-16(11-9-13)14(2)17-12-15-6-4-3-5-7-15/h3-11,14H,12H2,1-2H3. The van der Waals surface area contributed by atoms with Crippen LogP contribution in [0.3, 0.4) is 0 Å². The minimum atomic E-state index is 0.135. The molecule has 0 amide bonds. The first-order valence-electron chi connectivity index (χ1n) is 5.98. The minimum Gasteiger partial charge on any atom is -0.369 e. The summed E-state index contributed by atoms with van der Waals surface area (Å²) in [4.78, 5) is 0. The molecule has 0 saturated carbocycles. The summed E-state index contributed by atoms with van der Waals surface area (Å²) >= 11 is 0. The van der Waals surface area contributed by atoms with Crippen molar-refractivity contribution in [3.05, 3.63) is 71.3 Å². The molecule has 0 saturated heterocycles. The van der Waals surface area contributed by atoms with Gasteiger partial charge in [0.25, 0.3) is 0 Å². The SMILES string of the molecule is Cc1ccc(C(C)OCc2ccccc2)cc1. The van der Waals surface area contributed by atoms with E-state index in [1.54, 1.807) is 0 Å². The van der Waals surface area contributed by atoms with Crippen molar-refractivity contribution in [1.29, 1.82) is 0 Å². The van der Waals surface area contributed by atoms with Crippen LogP contribution in [0.1, 0.15) is 29.7 Å². The van der Waals surface area contributed by atoms with Gasteiger partial charge in [-0.15, -0.1) is 0 Å². The third-order valence-corrected chi connectivity index (χ3v) is 2.89. The van der Waals surface area contributed by atoms with Crippen molar-refractivity contribution in [2.75, 3.05) is 0 Å². The summed E-state index contributed by atoms with van der Waals surface area (Å²) in [6.45, 7) is 4.85. The van der Waals surface area contributed by atoms with Gasteiger partial charge < -0.3 is 4.74 Å². The predicted molar refractivity (Wildman–Crippen MR) is 70.8 cm³/mol. The van der Waals surface area contributed by atoms with Gasteiger partial charge >= 0.3 is 0 Å². The molecule has 0 aromatic heterocycles. The van der Waals surface area contributed by atoms with E-state index in [4.69, 9.17) is 4.74 Å². The van der Waals surface area contributed by atoms with Crippen molar-refractivity contribution >= 4 is 0 Å². The van der Waals surface area contributed by atoms with E-state index in [0.717, 1.165) is 0 Å². The van der Waals surface area contributed by atoms with E-state index in [1.807, 2.05) is 18.2 Å². The van der Waals surface area contributed by atoms with Crippen LogP contribution < -0.4 is 0 Å². The molecule has 2 aromatic rings. The van der Waals surface area contributed by atoms with Gasteiger partial charge in [0, 0.05) is 0 Å². The van der Waals surface area contributed by atoms with Gasteiger partial charge in [-0.05, 0) is 25.0 Å². The van der Waals surface area contributed by atoms with Crippen molar-refractivity contribution in [1.82, 2.24) is 0 Å². The predicted octanol–water partition coefficient (Wildman–Crippen LogP) is 4.27. The molecule has 1 unspecified atom stereocenters. The molecule has 17 heavy (non-hydrogen) atoms. The lowest BCUT2D eigenvalue weighted by atomic mass is 10.1. The number of ether oxygens (including phenoxy) is 1. The summed E-state index contributed by atoms with van der Waals surface area (Å²) in [5.41, 5.74) is 3.72. The van der Waals surface area contributed by atoms with Crippen molar-refractivity contribution < 1.29 is 4.74 Å². The highest BCUT2D eigenvalue weighted by molar-refractivity contribution is 5.23. The topological polar surface area (TPSA) is 9.23 Å². The van der Waals surface area contributed by atoms with E-state index in [0.29, 0.717) is 6.61 Å². The van der Waals surface area contributed by atoms with E-state index < -0.39 is 0 Å². The average molecular weight is 226 g/mol. The third-order valence-electron chi connectivity index (χ3n) is 2.89. The van der Waals surface area contributed by atoms with Gasteiger partial charge in [0.1, 0.15) is 0 Å². The minimum absolute atomic E-state index is 0.135. The molecule has 0 spiro atoms. The molecule has 0 aliphatic rings. The lowest BCUT2D eigenvalue weighted by Gasteiger charge is -2.13. The van der Waals surface area contributed by atoms with Gasteiger partial charge in [-0.3, -0.25) is 0 Å². The first-order chi connectivity index (χ1) is 8.25. The number of hydrogen-bond donors (Lipinski definition) is 0. The van der Waals surface area contributed by atoms with Crippen LogP contribution in [0, 0.1) is 6.92 Å². The zero-order valence-electron chi connectivity index (χ0n) is 10.4.